The van der Waals surface area contributed by atoms with Gasteiger partial charge in [-0.25, -0.2) is 0 Å². The predicted molar refractivity (Wildman–Crippen MR) is 63.3 cm³/mol. The molecule has 0 saturated heterocycles. The minimum atomic E-state index is 0.650. The highest BCUT2D eigenvalue weighted by Gasteiger charge is 2.04. The van der Waals surface area contributed by atoms with Gasteiger partial charge in [0.1, 0.15) is 5.75 Å². The van der Waals surface area contributed by atoms with Crippen LogP contribution in [0.4, 0.5) is 0 Å². The van der Waals surface area contributed by atoms with Gasteiger partial charge in [0.2, 0.25) is 5.52 Å². The fourth-order valence-corrected chi connectivity index (χ4v) is 1.58. The second-order valence-corrected chi connectivity index (χ2v) is 3.76. The van der Waals surface area contributed by atoms with Crippen LogP contribution in [0.15, 0.2) is 36.5 Å². The van der Waals surface area contributed by atoms with Crippen LogP contribution in [0.5, 0.6) is 5.75 Å². The van der Waals surface area contributed by atoms with Gasteiger partial charge in [-0.2, -0.15) is 4.73 Å². The second kappa shape index (κ2) is 4.84. The van der Waals surface area contributed by atoms with E-state index in [9.17, 15) is 5.21 Å². The molecule has 1 aromatic carbocycles. The number of pyridine rings is 1. The van der Waals surface area contributed by atoms with Gasteiger partial charge >= 0.3 is 0 Å². The molecule has 0 unspecified atom stereocenters. The summed E-state index contributed by atoms with van der Waals surface area (Å²) in [5.41, 5.74) is 0.650. The van der Waals surface area contributed by atoms with Crippen molar-refractivity contribution < 1.29 is 9.47 Å². The molecule has 0 aliphatic heterocycles. The lowest BCUT2D eigenvalue weighted by Gasteiger charge is -2.06. The van der Waals surface area contributed by atoms with E-state index in [1.54, 1.807) is 12.1 Å². The third-order valence-corrected chi connectivity index (χ3v) is 2.50. The van der Waals surface area contributed by atoms with Crippen LogP contribution >= 0.6 is 0 Å². The Hall–Kier alpha value is -1.77. The normalized spacial score (nSPS) is 10.6. The van der Waals surface area contributed by atoms with E-state index in [-0.39, 0.29) is 0 Å². The van der Waals surface area contributed by atoms with Crippen molar-refractivity contribution in [3.8, 4) is 5.75 Å². The predicted octanol–water partition coefficient (Wildman–Crippen LogP) is 2.65. The lowest BCUT2D eigenvalue weighted by atomic mass is 10.2. The first-order valence-electron chi connectivity index (χ1n) is 5.56. The highest BCUT2D eigenvalue weighted by molar-refractivity contribution is 5.76. The van der Waals surface area contributed by atoms with Gasteiger partial charge in [0.15, 0.2) is 6.20 Å². The highest BCUT2D eigenvalue weighted by atomic mass is 16.5. The van der Waals surface area contributed by atoms with Crippen molar-refractivity contribution >= 4 is 10.9 Å². The molecule has 84 valence electrons. The van der Waals surface area contributed by atoms with Crippen LogP contribution in [0.25, 0.3) is 10.9 Å². The molecule has 0 spiro atoms. The monoisotopic (exact) mass is 217 g/mol. The van der Waals surface area contributed by atoms with Gasteiger partial charge in [-0.3, -0.25) is 0 Å². The van der Waals surface area contributed by atoms with Crippen LogP contribution in [-0.4, -0.2) is 6.61 Å². The molecule has 0 amide bonds. The topological polar surface area (TPSA) is 36.2 Å². The Bertz CT molecular complexity index is 482. The molecule has 0 bridgehead atoms. The number of aromatic nitrogens is 1. The number of hydrogen-bond acceptors (Lipinski definition) is 2. The third-order valence-electron chi connectivity index (χ3n) is 2.50. The maximum atomic E-state index is 11.5. The van der Waals surface area contributed by atoms with Crippen molar-refractivity contribution in [3.63, 3.8) is 0 Å². The van der Waals surface area contributed by atoms with Crippen molar-refractivity contribution in [3.05, 3.63) is 41.7 Å². The van der Waals surface area contributed by atoms with E-state index < -0.39 is 0 Å². The average Bonchev–Trinajstić information content (AvgIpc) is 2.30. The van der Waals surface area contributed by atoms with Crippen LogP contribution in [0.1, 0.15) is 19.8 Å². The van der Waals surface area contributed by atoms with Crippen molar-refractivity contribution in [1.82, 2.24) is 0 Å². The smallest absolute Gasteiger partial charge is 0.227 e. The number of nitrogens with zero attached hydrogens (tertiary/aromatic N) is 1. The fraction of sp³-hybridized carbons (Fsp3) is 0.308. The van der Waals surface area contributed by atoms with Gasteiger partial charge in [0.25, 0.3) is 0 Å². The minimum absolute atomic E-state index is 0.650. The molecule has 0 N–H and O–H groups in total. The van der Waals surface area contributed by atoms with Gasteiger partial charge in [-0.1, -0.05) is 13.3 Å². The summed E-state index contributed by atoms with van der Waals surface area (Å²) < 4.78 is 6.42. The maximum absolute atomic E-state index is 11.5. The third kappa shape index (κ3) is 2.24. The zero-order valence-corrected chi connectivity index (χ0v) is 9.35. The van der Waals surface area contributed by atoms with Crippen molar-refractivity contribution in [1.29, 1.82) is 0 Å². The maximum Gasteiger partial charge on any atom is 0.227 e. The molecule has 2 rings (SSSR count). The van der Waals surface area contributed by atoms with E-state index in [1.165, 1.54) is 6.20 Å². The summed E-state index contributed by atoms with van der Waals surface area (Å²) in [6.07, 6.45) is 3.64. The summed E-state index contributed by atoms with van der Waals surface area (Å²) in [7, 11) is 0. The van der Waals surface area contributed by atoms with E-state index in [1.807, 2.05) is 18.2 Å². The second-order valence-electron chi connectivity index (χ2n) is 3.76. The van der Waals surface area contributed by atoms with Crippen LogP contribution in [0, 0.1) is 5.21 Å². The Morgan fingerprint density at radius 3 is 3.00 bits per heavy atom. The molecule has 0 atom stereocenters. The Morgan fingerprint density at radius 1 is 1.31 bits per heavy atom. The first-order chi connectivity index (χ1) is 7.81. The van der Waals surface area contributed by atoms with Gasteiger partial charge < -0.3 is 9.94 Å². The Morgan fingerprint density at radius 2 is 2.19 bits per heavy atom. The first kappa shape index (κ1) is 10.7. The lowest BCUT2D eigenvalue weighted by Crippen LogP contribution is -2.25. The van der Waals surface area contributed by atoms with E-state index in [0.717, 1.165) is 28.7 Å². The quantitative estimate of drug-likeness (QED) is 0.448. The van der Waals surface area contributed by atoms with Crippen molar-refractivity contribution in [2.45, 2.75) is 19.8 Å². The summed E-state index contributed by atoms with van der Waals surface area (Å²) in [5.74, 6) is 0.761. The molecule has 0 aliphatic rings. The van der Waals surface area contributed by atoms with Crippen LogP contribution in [0.3, 0.4) is 0 Å². The Kier molecular flexibility index (Phi) is 3.25. The minimum Gasteiger partial charge on any atom is -0.618 e. The zero-order chi connectivity index (χ0) is 11.4. The number of benzene rings is 1. The standard InChI is InChI=1S/C13H15NO2/c1-2-3-9-16-12-7-6-11-5-4-8-14(15)13(11)10-12/h4-8,10H,2-3,9H2,1H3. The van der Waals surface area contributed by atoms with Crippen LogP contribution in [-0.2, 0) is 0 Å². The Balaban J connectivity index is 2.25. The fourth-order valence-electron chi connectivity index (χ4n) is 1.58. The van der Waals surface area contributed by atoms with Gasteiger partial charge in [-0.05, 0) is 24.6 Å². The van der Waals surface area contributed by atoms with Crippen molar-refractivity contribution in [2.24, 2.45) is 0 Å². The molecular formula is C13H15NO2. The van der Waals surface area contributed by atoms with E-state index in [2.05, 4.69) is 6.92 Å². The number of hydrogen-bond donors (Lipinski definition) is 0. The molecule has 2 aromatic rings. The zero-order valence-electron chi connectivity index (χ0n) is 9.35. The van der Waals surface area contributed by atoms with Gasteiger partial charge in [0, 0.05) is 11.5 Å². The summed E-state index contributed by atoms with van der Waals surface area (Å²) in [6, 6.07) is 9.26. The van der Waals surface area contributed by atoms with Gasteiger partial charge in [0.05, 0.1) is 12.7 Å². The van der Waals surface area contributed by atoms with E-state index in [4.69, 9.17) is 4.74 Å². The van der Waals surface area contributed by atoms with Crippen LogP contribution in [0.2, 0.25) is 0 Å². The molecule has 0 fully saturated rings. The molecule has 0 radical (unpaired) electrons. The first-order valence-corrected chi connectivity index (χ1v) is 5.56. The number of fused-ring (bicyclic) bond motifs is 1. The summed E-state index contributed by atoms with van der Waals surface area (Å²) in [4.78, 5) is 0. The van der Waals surface area contributed by atoms with E-state index in [0.29, 0.717) is 12.1 Å². The molecule has 3 heteroatoms. The molecule has 0 saturated carbocycles. The molecule has 16 heavy (non-hydrogen) atoms. The molecule has 0 aliphatic carbocycles. The summed E-state index contributed by atoms with van der Waals surface area (Å²) in [6.45, 7) is 2.82. The molecule has 1 heterocycles. The highest BCUT2D eigenvalue weighted by Crippen LogP contribution is 2.17. The number of ether oxygens (including phenoxy) is 1. The Labute approximate surface area is 94.9 Å². The molecule has 1 aromatic heterocycles. The van der Waals surface area contributed by atoms with Crippen LogP contribution < -0.4 is 9.47 Å². The summed E-state index contributed by atoms with van der Waals surface area (Å²) >= 11 is 0. The largest absolute Gasteiger partial charge is 0.618 e. The SMILES string of the molecule is CCCCOc1ccc2ccc[n+]([O-])c2c1. The lowest BCUT2D eigenvalue weighted by molar-refractivity contribution is -0.577. The average molecular weight is 217 g/mol. The summed E-state index contributed by atoms with van der Waals surface area (Å²) in [5, 5.41) is 12.5. The number of rotatable bonds is 4. The van der Waals surface area contributed by atoms with Gasteiger partial charge in [-0.15, -0.1) is 0 Å². The molecule has 3 nitrogen and oxygen atoms in total. The number of unbranched alkanes of at least 4 members (excludes halogenated alkanes) is 1. The molecular weight excluding hydrogens is 202 g/mol. The van der Waals surface area contributed by atoms with Crippen molar-refractivity contribution in [2.75, 3.05) is 6.61 Å². The van der Waals surface area contributed by atoms with E-state index >= 15 is 0 Å².